The quantitative estimate of drug-likeness (QED) is 0.189. The van der Waals surface area contributed by atoms with Crippen LogP contribution in [0.5, 0.6) is 23.0 Å². The van der Waals surface area contributed by atoms with Crippen molar-refractivity contribution in [3.63, 3.8) is 0 Å². The van der Waals surface area contributed by atoms with Crippen molar-refractivity contribution in [2.75, 3.05) is 26.4 Å². The van der Waals surface area contributed by atoms with Crippen LogP contribution in [0.4, 0.5) is 52.7 Å². The molecule has 2 aromatic carbocycles. The SMILES string of the molecule is O=C(NCc1ccccn1)c1cc(OCC(F)(F)F)ccc1OCC(F)(F)F.O=C(O)c1cc(OCC(F)(F)F)ccc1OCC(F)(F)F. The van der Waals surface area contributed by atoms with Gasteiger partial charge in [-0.15, -0.1) is 0 Å². The number of benzene rings is 2. The van der Waals surface area contributed by atoms with E-state index >= 15 is 0 Å². The molecule has 0 atom stereocenters. The first-order valence-electron chi connectivity index (χ1n) is 13.0. The van der Waals surface area contributed by atoms with E-state index in [2.05, 4.69) is 29.2 Å². The molecule has 1 heterocycles. The van der Waals surface area contributed by atoms with Crippen LogP contribution in [-0.2, 0) is 6.54 Å². The third kappa shape index (κ3) is 16.5. The minimum Gasteiger partial charge on any atom is -0.484 e. The van der Waals surface area contributed by atoms with Crippen molar-refractivity contribution >= 4 is 11.9 Å². The van der Waals surface area contributed by atoms with Crippen molar-refractivity contribution in [3.05, 3.63) is 77.6 Å². The lowest BCUT2D eigenvalue weighted by molar-refractivity contribution is -0.154. The molecule has 49 heavy (non-hydrogen) atoms. The lowest BCUT2D eigenvalue weighted by Crippen LogP contribution is -2.26. The average Bonchev–Trinajstić information content (AvgIpc) is 2.99. The number of ether oxygens (including phenoxy) is 4. The highest BCUT2D eigenvalue weighted by atomic mass is 19.4. The van der Waals surface area contributed by atoms with Gasteiger partial charge in [-0.2, -0.15) is 52.7 Å². The van der Waals surface area contributed by atoms with E-state index in [9.17, 15) is 62.3 Å². The van der Waals surface area contributed by atoms with Crippen LogP contribution >= 0.6 is 0 Å². The standard InChI is InChI=1S/C17H14F6N2O3.C11H8F6O4/c18-16(19,20)9-27-12-4-5-14(28-10-17(21,22)23)13(7-12)15(26)25-8-11-3-1-2-6-24-11;12-10(13,14)4-20-6-1-2-8(7(3-6)9(18)19)21-5-11(15,16)17/h1-7H,8-10H2,(H,25,26);1-3H,4-5H2,(H,18,19). The van der Waals surface area contributed by atoms with Crippen LogP contribution in [0.2, 0.25) is 0 Å². The van der Waals surface area contributed by atoms with E-state index < -0.39 is 91.4 Å². The van der Waals surface area contributed by atoms with Gasteiger partial charge in [-0.1, -0.05) is 6.07 Å². The minimum atomic E-state index is -4.68. The Labute approximate surface area is 267 Å². The number of aromatic nitrogens is 1. The summed E-state index contributed by atoms with van der Waals surface area (Å²) in [6.07, 6.45) is -17.1. The van der Waals surface area contributed by atoms with E-state index in [0.29, 0.717) is 11.8 Å². The summed E-state index contributed by atoms with van der Waals surface area (Å²) in [6.45, 7) is -6.72. The summed E-state index contributed by atoms with van der Waals surface area (Å²) in [5, 5.41) is 11.2. The Hall–Kier alpha value is -5.11. The molecular weight excluding hydrogens is 704 g/mol. The second-order valence-electron chi connectivity index (χ2n) is 9.24. The fourth-order valence-corrected chi connectivity index (χ4v) is 3.21. The summed E-state index contributed by atoms with van der Waals surface area (Å²) in [5.74, 6) is -4.40. The molecule has 0 saturated heterocycles. The first-order valence-corrected chi connectivity index (χ1v) is 13.0. The number of hydrogen-bond donors (Lipinski definition) is 2. The van der Waals surface area contributed by atoms with Gasteiger partial charge >= 0.3 is 30.7 Å². The van der Waals surface area contributed by atoms with Crippen LogP contribution in [-0.4, -0.2) is 73.1 Å². The van der Waals surface area contributed by atoms with Gasteiger partial charge in [0, 0.05) is 6.20 Å². The van der Waals surface area contributed by atoms with E-state index in [1.807, 2.05) is 0 Å². The molecule has 0 spiro atoms. The molecule has 0 bridgehead atoms. The number of carbonyl (C=O) groups is 2. The zero-order valence-electron chi connectivity index (χ0n) is 24.2. The van der Waals surface area contributed by atoms with Crippen LogP contribution in [0.25, 0.3) is 0 Å². The molecule has 0 aliphatic heterocycles. The van der Waals surface area contributed by atoms with Gasteiger partial charge in [0.2, 0.25) is 0 Å². The number of rotatable bonds is 12. The van der Waals surface area contributed by atoms with E-state index in [4.69, 9.17) is 5.11 Å². The lowest BCUT2D eigenvalue weighted by atomic mass is 10.1. The number of carbonyl (C=O) groups excluding carboxylic acids is 1. The topological polar surface area (TPSA) is 116 Å². The number of nitrogens with zero attached hydrogens (tertiary/aromatic N) is 1. The molecule has 2 N–H and O–H groups in total. The highest BCUT2D eigenvalue weighted by Crippen LogP contribution is 2.29. The van der Waals surface area contributed by atoms with E-state index in [0.717, 1.165) is 30.3 Å². The van der Waals surface area contributed by atoms with Crippen LogP contribution in [0.1, 0.15) is 26.4 Å². The maximum absolute atomic E-state index is 12.4. The monoisotopic (exact) mass is 726 g/mol. The van der Waals surface area contributed by atoms with Crippen molar-refractivity contribution in [2.45, 2.75) is 31.2 Å². The van der Waals surface area contributed by atoms with E-state index in [1.165, 1.54) is 6.20 Å². The molecule has 0 unspecified atom stereocenters. The third-order valence-corrected chi connectivity index (χ3v) is 5.12. The molecule has 0 aliphatic carbocycles. The number of nitrogens with one attached hydrogen (secondary N) is 1. The molecule has 0 aliphatic rings. The molecule has 0 saturated carbocycles. The Morgan fingerprint density at radius 2 is 1.04 bits per heavy atom. The fourth-order valence-electron chi connectivity index (χ4n) is 3.21. The van der Waals surface area contributed by atoms with Gasteiger partial charge in [0.05, 0.1) is 17.8 Å². The van der Waals surface area contributed by atoms with Crippen LogP contribution < -0.4 is 24.3 Å². The second-order valence-corrected chi connectivity index (χ2v) is 9.24. The van der Waals surface area contributed by atoms with Crippen LogP contribution in [0.3, 0.4) is 0 Å². The van der Waals surface area contributed by atoms with Crippen molar-refractivity contribution < 1.29 is 86.3 Å². The maximum Gasteiger partial charge on any atom is 0.422 e. The van der Waals surface area contributed by atoms with Gasteiger partial charge in [-0.3, -0.25) is 9.78 Å². The van der Waals surface area contributed by atoms with Crippen LogP contribution in [0.15, 0.2) is 60.8 Å². The van der Waals surface area contributed by atoms with Gasteiger partial charge in [-0.05, 0) is 48.5 Å². The number of halogens is 12. The Bertz CT molecular complexity index is 1530. The number of pyridine rings is 1. The summed E-state index contributed by atoms with van der Waals surface area (Å²) < 4.78 is 163. The van der Waals surface area contributed by atoms with Gasteiger partial charge in [0.15, 0.2) is 26.4 Å². The maximum atomic E-state index is 12.4. The summed E-state index contributed by atoms with van der Waals surface area (Å²) in [7, 11) is 0. The van der Waals surface area contributed by atoms with E-state index in [1.54, 1.807) is 18.2 Å². The van der Waals surface area contributed by atoms with Gasteiger partial charge in [0.1, 0.15) is 28.6 Å². The lowest BCUT2D eigenvalue weighted by Gasteiger charge is -2.15. The fraction of sp³-hybridized carbons (Fsp3) is 0.321. The number of aromatic carboxylic acids is 1. The summed E-state index contributed by atoms with van der Waals surface area (Å²) in [4.78, 5) is 27.2. The second kappa shape index (κ2) is 16.8. The Morgan fingerprint density at radius 3 is 1.45 bits per heavy atom. The number of amides is 1. The predicted molar refractivity (Wildman–Crippen MR) is 141 cm³/mol. The van der Waals surface area contributed by atoms with Crippen LogP contribution in [0, 0.1) is 0 Å². The zero-order chi connectivity index (χ0) is 37.0. The molecule has 1 amide bonds. The normalized spacial score (nSPS) is 11.9. The first-order chi connectivity index (χ1) is 22.5. The largest absolute Gasteiger partial charge is 0.484 e. The summed E-state index contributed by atoms with van der Waals surface area (Å²) >= 11 is 0. The third-order valence-electron chi connectivity index (χ3n) is 5.12. The molecule has 3 aromatic rings. The Kier molecular flexibility index (Phi) is 13.8. The smallest absolute Gasteiger partial charge is 0.422 e. The number of alkyl halides is 12. The van der Waals surface area contributed by atoms with Gasteiger partial charge in [-0.25, -0.2) is 4.79 Å². The zero-order valence-corrected chi connectivity index (χ0v) is 24.2. The Balaban J connectivity index is 0.000000355. The van der Waals surface area contributed by atoms with Crippen molar-refractivity contribution in [1.82, 2.24) is 10.3 Å². The molecule has 21 heteroatoms. The van der Waals surface area contributed by atoms with Crippen molar-refractivity contribution in [1.29, 1.82) is 0 Å². The molecule has 270 valence electrons. The highest BCUT2D eigenvalue weighted by Gasteiger charge is 2.32. The number of hydrogen-bond acceptors (Lipinski definition) is 7. The first kappa shape index (κ1) is 40.1. The highest BCUT2D eigenvalue weighted by molar-refractivity contribution is 5.97. The number of carboxylic acids is 1. The molecule has 3 rings (SSSR count). The molecule has 0 fully saturated rings. The van der Waals surface area contributed by atoms with Crippen molar-refractivity contribution in [3.8, 4) is 23.0 Å². The van der Waals surface area contributed by atoms with Gasteiger partial charge < -0.3 is 29.4 Å². The summed E-state index contributed by atoms with van der Waals surface area (Å²) in [5.41, 5.74) is -0.670. The van der Waals surface area contributed by atoms with Crippen molar-refractivity contribution in [2.24, 2.45) is 0 Å². The predicted octanol–water partition coefficient (Wildman–Crippen LogP) is 7.16. The molecule has 1 aromatic heterocycles. The van der Waals surface area contributed by atoms with E-state index in [-0.39, 0.29) is 12.3 Å². The molecular formula is C28H22F12N2O7. The minimum absolute atomic E-state index is 0.0496. The Morgan fingerprint density at radius 1 is 0.612 bits per heavy atom. The average molecular weight is 726 g/mol. The number of carboxylic acid groups (broad SMARTS) is 1. The van der Waals surface area contributed by atoms with Gasteiger partial charge in [0.25, 0.3) is 5.91 Å². The molecule has 9 nitrogen and oxygen atoms in total. The summed E-state index contributed by atoms with van der Waals surface area (Å²) in [6, 6.07) is 10.0. The molecule has 0 radical (unpaired) electrons.